The average molecular weight is 192 g/mol. The molecule has 0 saturated heterocycles. The number of rotatable bonds is 1. The molecular weight excluding hydrogens is 168 g/mol. The van der Waals surface area contributed by atoms with Crippen LogP contribution in [-0.4, -0.2) is 0 Å². The molecule has 0 spiro atoms. The lowest BCUT2D eigenvalue weighted by Gasteiger charge is -2.31. The summed E-state index contributed by atoms with van der Waals surface area (Å²) in [6.45, 7) is 4.81. The van der Waals surface area contributed by atoms with Gasteiger partial charge < -0.3 is 0 Å². The maximum atomic E-state index is 2.41. The molecule has 1 unspecified atom stereocenters. The molecule has 0 nitrogen and oxygen atoms in total. The van der Waals surface area contributed by atoms with Crippen LogP contribution >= 0.6 is 0 Å². The molecular formula is C14H24. The molecule has 0 N–H and O–H groups in total. The van der Waals surface area contributed by atoms with E-state index < -0.39 is 0 Å². The van der Waals surface area contributed by atoms with Crippen molar-refractivity contribution < 1.29 is 0 Å². The van der Waals surface area contributed by atoms with Gasteiger partial charge in [-0.3, -0.25) is 0 Å². The second-order valence-electron chi connectivity index (χ2n) is 5.34. The minimum absolute atomic E-state index is 0.876. The molecule has 0 amide bonds. The number of hydrogen-bond donors (Lipinski definition) is 0. The minimum atomic E-state index is 0.876. The smallest absolute Gasteiger partial charge is 0.0201 e. The lowest BCUT2D eigenvalue weighted by molar-refractivity contribution is 0.373. The van der Waals surface area contributed by atoms with Gasteiger partial charge in [0.25, 0.3) is 0 Å². The summed E-state index contributed by atoms with van der Waals surface area (Å²) in [7, 11) is 0. The number of allylic oxidation sites excluding steroid dienone is 2. The molecule has 0 radical (unpaired) electrons. The summed E-state index contributed by atoms with van der Waals surface area (Å²) < 4.78 is 0. The summed E-state index contributed by atoms with van der Waals surface area (Å²) >= 11 is 0. The first-order chi connectivity index (χ1) is 6.79. The van der Waals surface area contributed by atoms with Gasteiger partial charge in [-0.1, -0.05) is 37.3 Å². The Morgan fingerprint density at radius 2 is 1.64 bits per heavy atom. The largest absolute Gasteiger partial charge is 0.0710 e. The van der Waals surface area contributed by atoms with E-state index in [9.17, 15) is 0 Å². The van der Waals surface area contributed by atoms with Crippen molar-refractivity contribution in [3.63, 3.8) is 0 Å². The third kappa shape index (κ3) is 2.04. The zero-order chi connectivity index (χ0) is 9.97. The van der Waals surface area contributed by atoms with Gasteiger partial charge in [-0.2, -0.15) is 0 Å². The van der Waals surface area contributed by atoms with Crippen molar-refractivity contribution >= 4 is 0 Å². The maximum absolute atomic E-state index is 2.41. The Morgan fingerprint density at radius 1 is 0.929 bits per heavy atom. The first-order valence-electron chi connectivity index (χ1n) is 6.48. The van der Waals surface area contributed by atoms with Crippen molar-refractivity contribution in [2.75, 3.05) is 0 Å². The fourth-order valence-corrected chi connectivity index (χ4v) is 3.31. The van der Waals surface area contributed by atoms with Crippen LogP contribution in [0.1, 0.15) is 65.2 Å². The molecule has 1 saturated carbocycles. The second kappa shape index (κ2) is 4.51. The molecule has 0 aromatic heterocycles. The Bertz CT molecular complexity index is 218. The summed E-state index contributed by atoms with van der Waals surface area (Å²) in [6.07, 6.45) is 11.7. The van der Waals surface area contributed by atoms with Crippen LogP contribution in [0.2, 0.25) is 0 Å². The Balaban J connectivity index is 2.10. The highest BCUT2D eigenvalue weighted by molar-refractivity contribution is 5.20. The maximum Gasteiger partial charge on any atom is -0.0201 e. The quantitative estimate of drug-likeness (QED) is 0.528. The first kappa shape index (κ1) is 10.3. The van der Waals surface area contributed by atoms with Crippen LogP contribution < -0.4 is 0 Å². The van der Waals surface area contributed by atoms with E-state index in [0.29, 0.717) is 0 Å². The van der Waals surface area contributed by atoms with E-state index >= 15 is 0 Å². The Morgan fingerprint density at radius 3 is 2.36 bits per heavy atom. The highest BCUT2D eigenvalue weighted by Gasteiger charge is 2.23. The van der Waals surface area contributed by atoms with E-state index in [1.165, 1.54) is 51.4 Å². The second-order valence-corrected chi connectivity index (χ2v) is 5.34. The summed E-state index contributed by atoms with van der Waals surface area (Å²) in [4.78, 5) is 0. The molecule has 0 aromatic rings. The SMILES string of the molecule is CC1=C(C2CCCCC2)CCCC1C. The third-order valence-corrected chi connectivity index (χ3v) is 4.43. The predicted octanol–water partition coefficient (Wildman–Crippen LogP) is 4.70. The van der Waals surface area contributed by atoms with Crippen LogP contribution in [-0.2, 0) is 0 Å². The lowest BCUT2D eigenvalue weighted by Crippen LogP contribution is -2.16. The van der Waals surface area contributed by atoms with Gasteiger partial charge in [0.1, 0.15) is 0 Å². The molecule has 80 valence electrons. The zero-order valence-electron chi connectivity index (χ0n) is 9.81. The molecule has 0 heteroatoms. The average Bonchev–Trinajstić information content (AvgIpc) is 2.23. The summed E-state index contributed by atoms with van der Waals surface area (Å²) in [6, 6.07) is 0. The van der Waals surface area contributed by atoms with E-state index in [1.807, 2.05) is 5.57 Å². The molecule has 1 fully saturated rings. The van der Waals surface area contributed by atoms with Gasteiger partial charge in [0, 0.05) is 0 Å². The predicted molar refractivity (Wildman–Crippen MR) is 62.3 cm³/mol. The fourth-order valence-electron chi connectivity index (χ4n) is 3.31. The van der Waals surface area contributed by atoms with Crippen molar-refractivity contribution in [2.24, 2.45) is 11.8 Å². The Kier molecular flexibility index (Phi) is 3.30. The van der Waals surface area contributed by atoms with E-state index in [2.05, 4.69) is 13.8 Å². The summed E-state index contributed by atoms with van der Waals surface area (Å²) in [5.74, 6) is 1.85. The summed E-state index contributed by atoms with van der Waals surface area (Å²) in [5.41, 5.74) is 3.62. The molecule has 2 aliphatic carbocycles. The van der Waals surface area contributed by atoms with Crippen LogP contribution in [0.3, 0.4) is 0 Å². The monoisotopic (exact) mass is 192 g/mol. The van der Waals surface area contributed by atoms with Gasteiger partial charge in [0.15, 0.2) is 0 Å². The van der Waals surface area contributed by atoms with Crippen molar-refractivity contribution in [2.45, 2.75) is 65.2 Å². The summed E-state index contributed by atoms with van der Waals surface area (Å²) in [5, 5.41) is 0. The van der Waals surface area contributed by atoms with Gasteiger partial charge in [0.05, 0.1) is 0 Å². The van der Waals surface area contributed by atoms with Crippen molar-refractivity contribution in [1.82, 2.24) is 0 Å². The van der Waals surface area contributed by atoms with E-state index in [0.717, 1.165) is 11.8 Å². The molecule has 1 atom stereocenters. The molecule has 0 heterocycles. The zero-order valence-corrected chi connectivity index (χ0v) is 9.81. The molecule has 0 aromatic carbocycles. The first-order valence-corrected chi connectivity index (χ1v) is 6.48. The van der Waals surface area contributed by atoms with E-state index in [4.69, 9.17) is 0 Å². The van der Waals surface area contributed by atoms with E-state index in [1.54, 1.807) is 5.57 Å². The molecule has 0 aliphatic heterocycles. The van der Waals surface area contributed by atoms with Crippen LogP contribution in [0, 0.1) is 11.8 Å². The Labute approximate surface area is 88.8 Å². The van der Waals surface area contributed by atoms with Crippen LogP contribution in [0.5, 0.6) is 0 Å². The van der Waals surface area contributed by atoms with Crippen LogP contribution in [0.25, 0.3) is 0 Å². The lowest BCUT2D eigenvalue weighted by atomic mass is 9.74. The van der Waals surface area contributed by atoms with Gasteiger partial charge in [0.2, 0.25) is 0 Å². The van der Waals surface area contributed by atoms with E-state index in [-0.39, 0.29) is 0 Å². The third-order valence-electron chi connectivity index (χ3n) is 4.43. The highest BCUT2D eigenvalue weighted by Crippen LogP contribution is 2.39. The topological polar surface area (TPSA) is 0 Å². The van der Waals surface area contributed by atoms with Crippen molar-refractivity contribution in [1.29, 1.82) is 0 Å². The van der Waals surface area contributed by atoms with Gasteiger partial charge in [-0.15, -0.1) is 0 Å². The van der Waals surface area contributed by atoms with Crippen molar-refractivity contribution in [3.05, 3.63) is 11.1 Å². The van der Waals surface area contributed by atoms with Crippen LogP contribution in [0.4, 0.5) is 0 Å². The standard InChI is InChI=1S/C14H24/c1-11-7-6-10-14(12(11)2)13-8-4-3-5-9-13/h11,13H,3-10H2,1-2H3. The molecule has 2 aliphatic rings. The van der Waals surface area contributed by atoms with Gasteiger partial charge in [-0.25, -0.2) is 0 Å². The normalized spacial score (nSPS) is 30.9. The minimum Gasteiger partial charge on any atom is -0.0710 e. The Hall–Kier alpha value is -0.260. The molecule has 0 bridgehead atoms. The van der Waals surface area contributed by atoms with Gasteiger partial charge in [-0.05, 0) is 50.9 Å². The van der Waals surface area contributed by atoms with Crippen LogP contribution in [0.15, 0.2) is 11.1 Å². The number of hydrogen-bond acceptors (Lipinski definition) is 0. The highest BCUT2D eigenvalue weighted by atomic mass is 14.3. The van der Waals surface area contributed by atoms with Crippen molar-refractivity contribution in [3.8, 4) is 0 Å². The fraction of sp³-hybridized carbons (Fsp3) is 0.857. The molecule has 14 heavy (non-hydrogen) atoms. The van der Waals surface area contributed by atoms with Gasteiger partial charge >= 0.3 is 0 Å². The molecule has 2 rings (SSSR count).